The van der Waals surface area contributed by atoms with Gasteiger partial charge in [-0.05, 0) is 17.9 Å². The van der Waals surface area contributed by atoms with Gasteiger partial charge in [-0.25, -0.2) is 0 Å². The summed E-state index contributed by atoms with van der Waals surface area (Å²) in [7, 11) is 0. The number of rotatable bonds is 4. The van der Waals surface area contributed by atoms with Gasteiger partial charge in [-0.2, -0.15) is 0 Å². The predicted molar refractivity (Wildman–Crippen MR) is 80.8 cm³/mol. The van der Waals surface area contributed by atoms with Crippen molar-refractivity contribution in [2.45, 2.75) is 45.1 Å². The van der Waals surface area contributed by atoms with Crippen molar-refractivity contribution < 1.29 is 9.59 Å². The predicted octanol–water partition coefficient (Wildman–Crippen LogP) is 2.15. The number of hydrogen-bond acceptors (Lipinski definition) is 3. The van der Waals surface area contributed by atoms with Crippen LogP contribution in [0.15, 0.2) is 17.5 Å². The topological polar surface area (TPSA) is 49.4 Å². The van der Waals surface area contributed by atoms with Gasteiger partial charge < -0.3 is 10.2 Å². The molecule has 1 N–H and O–H groups in total. The zero-order valence-electron chi connectivity index (χ0n) is 12.3. The average molecular weight is 294 g/mol. The first-order valence-electron chi connectivity index (χ1n) is 7.06. The Morgan fingerprint density at radius 2 is 2.20 bits per heavy atom. The summed E-state index contributed by atoms with van der Waals surface area (Å²) >= 11 is 1.71. The first kappa shape index (κ1) is 15.0. The van der Waals surface area contributed by atoms with Crippen LogP contribution in [0.1, 0.15) is 38.5 Å². The van der Waals surface area contributed by atoms with Crippen LogP contribution in [0.5, 0.6) is 0 Å². The van der Waals surface area contributed by atoms with Crippen LogP contribution in [0.3, 0.4) is 0 Å². The fourth-order valence-electron chi connectivity index (χ4n) is 2.55. The van der Waals surface area contributed by atoms with E-state index in [2.05, 4.69) is 30.6 Å². The second-order valence-electron chi connectivity index (χ2n) is 5.90. The molecular weight excluding hydrogens is 272 g/mol. The molecule has 0 aliphatic carbocycles. The maximum Gasteiger partial charge on any atom is 0.245 e. The number of carbonyl (C=O) groups is 2. The summed E-state index contributed by atoms with van der Waals surface area (Å²) in [5, 5.41) is 4.86. The van der Waals surface area contributed by atoms with E-state index in [0.717, 1.165) is 0 Å². The van der Waals surface area contributed by atoms with Gasteiger partial charge in [-0.15, -0.1) is 11.3 Å². The van der Waals surface area contributed by atoms with E-state index in [-0.39, 0.29) is 23.3 Å². The average Bonchev–Trinajstić information content (AvgIpc) is 2.90. The second kappa shape index (κ2) is 5.95. The molecule has 1 saturated heterocycles. The quantitative estimate of drug-likeness (QED) is 0.925. The van der Waals surface area contributed by atoms with Crippen LogP contribution >= 0.6 is 11.3 Å². The minimum atomic E-state index is -0.371. The fourth-order valence-corrected chi connectivity index (χ4v) is 3.39. The highest BCUT2D eigenvalue weighted by Crippen LogP contribution is 2.29. The summed E-state index contributed by atoms with van der Waals surface area (Å²) < 4.78 is 0. The van der Waals surface area contributed by atoms with Crippen LogP contribution < -0.4 is 5.32 Å². The molecule has 2 amide bonds. The molecule has 0 saturated carbocycles. The van der Waals surface area contributed by atoms with E-state index in [1.54, 1.807) is 11.3 Å². The van der Waals surface area contributed by atoms with Crippen molar-refractivity contribution in [2.24, 2.45) is 0 Å². The van der Waals surface area contributed by atoms with Crippen molar-refractivity contribution in [3.63, 3.8) is 0 Å². The van der Waals surface area contributed by atoms with Crippen LogP contribution in [0.4, 0.5) is 0 Å². The van der Waals surface area contributed by atoms with Crippen LogP contribution in [0.2, 0.25) is 0 Å². The summed E-state index contributed by atoms with van der Waals surface area (Å²) in [4.78, 5) is 27.2. The number of nitrogens with one attached hydrogen (secondary N) is 1. The smallest absolute Gasteiger partial charge is 0.245 e. The molecule has 1 aromatic rings. The molecule has 0 radical (unpaired) electrons. The van der Waals surface area contributed by atoms with Gasteiger partial charge in [0.05, 0.1) is 0 Å². The molecule has 1 unspecified atom stereocenters. The van der Waals surface area contributed by atoms with Crippen molar-refractivity contribution in [3.8, 4) is 0 Å². The van der Waals surface area contributed by atoms with Crippen LogP contribution in [0.25, 0.3) is 0 Å². The number of nitrogens with zero attached hydrogens (tertiary/aromatic N) is 1. The van der Waals surface area contributed by atoms with E-state index >= 15 is 0 Å². The van der Waals surface area contributed by atoms with Gasteiger partial charge in [0.2, 0.25) is 11.8 Å². The lowest BCUT2D eigenvalue weighted by atomic mass is 9.90. The minimum Gasteiger partial charge on any atom is -0.344 e. The Morgan fingerprint density at radius 1 is 1.45 bits per heavy atom. The van der Waals surface area contributed by atoms with Crippen LogP contribution in [0, 0.1) is 0 Å². The lowest BCUT2D eigenvalue weighted by molar-refractivity contribution is -0.134. The molecule has 1 aliphatic heterocycles. The molecule has 0 bridgehead atoms. The molecule has 5 heteroatoms. The summed E-state index contributed by atoms with van der Waals surface area (Å²) in [6.07, 6.45) is 1.03. The Kier molecular flexibility index (Phi) is 4.48. The third-order valence-electron chi connectivity index (χ3n) is 3.74. The highest BCUT2D eigenvalue weighted by Gasteiger charge is 2.33. The molecule has 1 aromatic heterocycles. The fraction of sp³-hybridized carbons (Fsp3) is 0.600. The maximum atomic E-state index is 12.5. The minimum absolute atomic E-state index is 0.0263. The molecule has 1 fully saturated rings. The van der Waals surface area contributed by atoms with Gasteiger partial charge in [0.15, 0.2) is 0 Å². The highest BCUT2D eigenvalue weighted by molar-refractivity contribution is 7.10. The van der Waals surface area contributed by atoms with Crippen LogP contribution in [-0.2, 0) is 15.0 Å². The molecule has 0 aromatic carbocycles. The van der Waals surface area contributed by atoms with E-state index in [1.165, 1.54) is 4.88 Å². The molecule has 110 valence electrons. The van der Waals surface area contributed by atoms with Gasteiger partial charge >= 0.3 is 0 Å². The van der Waals surface area contributed by atoms with Gasteiger partial charge in [-0.3, -0.25) is 9.59 Å². The monoisotopic (exact) mass is 294 g/mol. The molecule has 20 heavy (non-hydrogen) atoms. The van der Waals surface area contributed by atoms with E-state index in [0.29, 0.717) is 25.9 Å². The van der Waals surface area contributed by atoms with Crippen molar-refractivity contribution in [1.29, 1.82) is 0 Å². The molecular formula is C15H22N2O2S. The highest BCUT2D eigenvalue weighted by atomic mass is 32.1. The third-order valence-corrected chi connectivity index (χ3v) is 4.97. The Hall–Kier alpha value is -1.36. The van der Waals surface area contributed by atoms with Gasteiger partial charge in [0, 0.05) is 29.8 Å². The zero-order valence-corrected chi connectivity index (χ0v) is 13.1. The summed E-state index contributed by atoms with van der Waals surface area (Å²) in [6, 6.07) is 3.77. The molecule has 4 nitrogen and oxygen atoms in total. The number of carbonyl (C=O) groups excluding carboxylic acids is 2. The molecule has 2 rings (SSSR count). The van der Waals surface area contributed by atoms with Crippen molar-refractivity contribution in [3.05, 3.63) is 22.4 Å². The summed E-state index contributed by atoms with van der Waals surface area (Å²) in [5.74, 6) is 0.0182. The maximum absolute atomic E-state index is 12.5. The van der Waals surface area contributed by atoms with E-state index < -0.39 is 0 Å². The SMILES string of the molecule is CCC1NC(=O)CCN(CC(C)(C)c2cccs2)C1=O. The third kappa shape index (κ3) is 3.20. The van der Waals surface area contributed by atoms with Gasteiger partial charge in [0.25, 0.3) is 0 Å². The normalized spacial score (nSPS) is 20.8. The Bertz CT molecular complexity index is 482. The molecule has 0 spiro atoms. The lowest BCUT2D eigenvalue weighted by Gasteiger charge is -2.32. The van der Waals surface area contributed by atoms with E-state index in [1.807, 2.05) is 17.9 Å². The van der Waals surface area contributed by atoms with Crippen molar-refractivity contribution in [1.82, 2.24) is 10.2 Å². The lowest BCUT2D eigenvalue weighted by Crippen LogP contribution is -2.47. The standard InChI is InChI=1S/C15H22N2O2S/c1-4-11-14(19)17(8-7-13(18)16-11)10-15(2,3)12-6-5-9-20-12/h5-6,9,11H,4,7-8,10H2,1-3H3,(H,16,18). The summed E-state index contributed by atoms with van der Waals surface area (Å²) in [6.45, 7) is 7.38. The van der Waals surface area contributed by atoms with Crippen molar-refractivity contribution >= 4 is 23.2 Å². The first-order valence-corrected chi connectivity index (χ1v) is 7.94. The molecule has 1 atom stereocenters. The van der Waals surface area contributed by atoms with Gasteiger partial charge in [-0.1, -0.05) is 26.8 Å². The summed E-state index contributed by atoms with van der Waals surface area (Å²) in [5.41, 5.74) is -0.0878. The largest absolute Gasteiger partial charge is 0.344 e. The molecule has 2 heterocycles. The first-order chi connectivity index (χ1) is 9.44. The van der Waals surface area contributed by atoms with Gasteiger partial charge in [0.1, 0.15) is 6.04 Å². The van der Waals surface area contributed by atoms with Crippen molar-refractivity contribution in [2.75, 3.05) is 13.1 Å². The number of thiophene rings is 1. The number of hydrogen-bond donors (Lipinski definition) is 1. The zero-order chi connectivity index (χ0) is 14.8. The Morgan fingerprint density at radius 3 is 2.80 bits per heavy atom. The second-order valence-corrected chi connectivity index (χ2v) is 6.85. The van der Waals surface area contributed by atoms with E-state index in [9.17, 15) is 9.59 Å². The Labute approximate surface area is 124 Å². The Balaban J connectivity index is 2.14. The van der Waals surface area contributed by atoms with Crippen LogP contribution in [-0.4, -0.2) is 35.8 Å². The number of amides is 2. The molecule has 1 aliphatic rings. The van der Waals surface area contributed by atoms with E-state index in [4.69, 9.17) is 0 Å².